The highest BCUT2D eigenvalue weighted by Crippen LogP contribution is 2.43. The molecular formula is C23H25NO4. The predicted molar refractivity (Wildman–Crippen MR) is 111 cm³/mol. The number of methoxy groups -OCH3 is 2. The summed E-state index contributed by atoms with van der Waals surface area (Å²) in [6.45, 7) is 3.52. The number of hydrogen-bond acceptors (Lipinski definition) is 5. The van der Waals surface area contributed by atoms with Crippen molar-refractivity contribution < 1.29 is 19.4 Å². The van der Waals surface area contributed by atoms with Crippen LogP contribution in [-0.2, 0) is 0 Å². The van der Waals surface area contributed by atoms with E-state index in [1.54, 1.807) is 12.1 Å². The molecule has 0 radical (unpaired) electrons. The highest BCUT2D eigenvalue weighted by Gasteiger charge is 2.25. The van der Waals surface area contributed by atoms with Gasteiger partial charge in [-0.25, -0.2) is 0 Å². The predicted octanol–water partition coefficient (Wildman–Crippen LogP) is 3.99. The number of hydrogen-bond donors (Lipinski definition) is 2. The van der Waals surface area contributed by atoms with E-state index in [4.69, 9.17) is 9.47 Å². The molecule has 1 aliphatic heterocycles. The minimum atomic E-state index is -0.326. The molecule has 0 aliphatic carbocycles. The van der Waals surface area contributed by atoms with Crippen molar-refractivity contribution in [3.8, 4) is 17.2 Å². The van der Waals surface area contributed by atoms with Gasteiger partial charge in [-0.1, -0.05) is 42.0 Å². The molecule has 1 aliphatic rings. The first kappa shape index (κ1) is 19.7. The fourth-order valence-corrected chi connectivity index (χ4v) is 3.27. The van der Waals surface area contributed by atoms with Gasteiger partial charge in [0.15, 0.2) is 5.78 Å². The molecule has 0 spiro atoms. The van der Waals surface area contributed by atoms with Crippen molar-refractivity contribution in [3.63, 3.8) is 0 Å². The van der Waals surface area contributed by atoms with Gasteiger partial charge in [-0.2, -0.15) is 0 Å². The van der Waals surface area contributed by atoms with Crippen LogP contribution in [0, 0.1) is 6.92 Å². The number of phenolic OH excluding ortho intramolecular Hbond substituents is 1. The monoisotopic (exact) mass is 379 g/mol. The molecule has 1 heterocycles. The van der Waals surface area contributed by atoms with Crippen LogP contribution in [-0.4, -0.2) is 38.2 Å². The lowest BCUT2D eigenvalue weighted by atomic mass is 9.93. The number of nitrogens with one attached hydrogen (secondary N) is 1. The van der Waals surface area contributed by atoms with E-state index in [9.17, 15) is 9.90 Å². The average Bonchev–Trinajstić information content (AvgIpc) is 2.72. The summed E-state index contributed by atoms with van der Waals surface area (Å²) >= 11 is 0. The molecule has 3 rings (SSSR count). The van der Waals surface area contributed by atoms with Gasteiger partial charge in [-0.05, 0) is 37.1 Å². The van der Waals surface area contributed by atoms with Gasteiger partial charge >= 0.3 is 0 Å². The van der Waals surface area contributed by atoms with Crippen LogP contribution in [0.2, 0.25) is 0 Å². The second kappa shape index (κ2) is 8.76. The van der Waals surface area contributed by atoms with E-state index in [-0.39, 0.29) is 22.8 Å². The third kappa shape index (κ3) is 4.10. The molecule has 5 heteroatoms. The number of carbonyl (C=O) groups is 1. The summed E-state index contributed by atoms with van der Waals surface area (Å²) in [6.07, 6.45) is 5.93. The van der Waals surface area contributed by atoms with Crippen LogP contribution >= 0.6 is 0 Å². The number of aryl methyl sites for hydroxylation is 1. The van der Waals surface area contributed by atoms with Crippen LogP contribution in [0.15, 0.2) is 42.5 Å². The van der Waals surface area contributed by atoms with E-state index in [0.29, 0.717) is 17.9 Å². The molecular weight excluding hydrogens is 354 g/mol. The summed E-state index contributed by atoms with van der Waals surface area (Å²) in [5, 5.41) is 14.2. The summed E-state index contributed by atoms with van der Waals surface area (Å²) in [5.74, 6) is 0.337. The van der Waals surface area contributed by atoms with Gasteiger partial charge in [0.1, 0.15) is 22.8 Å². The third-order valence-corrected chi connectivity index (χ3v) is 4.80. The Balaban J connectivity index is 2.04. The zero-order chi connectivity index (χ0) is 20.1. The molecule has 0 amide bonds. The van der Waals surface area contributed by atoms with Crippen molar-refractivity contribution in [2.75, 3.05) is 27.3 Å². The first-order chi connectivity index (χ1) is 13.5. The number of ether oxygens (including phenoxy) is 2. The molecule has 2 N–H and O–H groups in total. The van der Waals surface area contributed by atoms with Crippen LogP contribution in [0.3, 0.4) is 0 Å². The zero-order valence-corrected chi connectivity index (χ0v) is 16.4. The van der Waals surface area contributed by atoms with Crippen molar-refractivity contribution >= 4 is 17.4 Å². The van der Waals surface area contributed by atoms with Crippen LogP contribution in [0.25, 0.3) is 11.6 Å². The van der Waals surface area contributed by atoms with E-state index in [1.165, 1.54) is 20.3 Å². The van der Waals surface area contributed by atoms with Crippen molar-refractivity contribution in [1.29, 1.82) is 0 Å². The Morgan fingerprint density at radius 1 is 1.14 bits per heavy atom. The minimum Gasteiger partial charge on any atom is -0.506 e. The van der Waals surface area contributed by atoms with Crippen LogP contribution in [0.5, 0.6) is 17.2 Å². The number of allylic oxidation sites excluding steroid dienone is 1. The van der Waals surface area contributed by atoms with Crippen LogP contribution in [0.1, 0.15) is 33.5 Å². The van der Waals surface area contributed by atoms with Gasteiger partial charge < -0.3 is 19.9 Å². The van der Waals surface area contributed by atoms with E-state index in [2.05, 4.69) is 5.32 Å². The number of ketones is 1. The fraction of sp³-hybridized carbons (Fsp3) is 0.261. The summed E-state index contributed by atoms with van der Waals surface area (Å²) in [5.41, 5.74) is 3.70. The Hall–Kier alpha value is -3.05. The van der Waals surface area contributed by atoms with Crippen LogP contribution < -0.4 is 14.8 Å². The number of rotatable bonds is 6. The molecule has 146 valence electrons. The van der Waals surface area contributed by atoms with Gasteiger partial charge in [0.25, 0.3) is 0 Å². The molecule has 0 bridgehead atoms. The van der Waals surface area contributed by atoms with Crippen LogP contribution in [0.4, 0.5) is 0 Å². The molecule has 0 aromatic heterocycles. The van der Waals surface area contributed by atoms with Gasteiger partial charge in [-0.15, -0.1) is 0 Å². The topological polar surface area (TPSA) is 67.8 Å². The minimum absolute atomic E-state index is 0.108. The quantitative estimate of drug-likeness (QED) is 0.587. The Morgan fingerprint density at radius 3 is 2.46 bits per heavy atom. The Labute approximate surface area is 165 Å². The van der Waals surface area contributed by atoms with Gasteiger partial charge in [0.2, 0.25) is 0 Å². The van der Waals surface area contributed by atoms with Crippen molar-refractivity contribution in [2.24, 2.45) is 0 Å². The number of aromatic hydroxyl groups is 1. The van der Waals surface area contributed by atoms with E-state index < -0.39 is 0 Å². The van der Waals surface area contributed by atoms with E-state index in [1.807, 2.05) is 37.3 Å². The van der Waals surface area contributed by atoms with E-state index >= 15 is 0 Å². The fourth-order valence-electron chi connectivity index (χ4n) is 3.27. The summed E-state index contributed by atoms with van der Waals surface area (Å²) in [7, 11) is 3.01. The molecule has 0 saturated heterocycles. The second-order valence-electron chi connectivity index (χ2n) is 6.67. The lowest BCUT2D eigenvalue weighted by Crippen LogP contribution is -2.20. The van der Waals surface area contributed by atoms with Crippen molar-refractivity contribution in [2.45, 2.75) is 13.3 Å². The molecule has 28 heavy (non-hydrogen) atoms. The molecule has 0 atom stereocenters. The van der Waals surface area contributed by atoms with E-state index in [0.717, 1.165) is 29.7 Å². The summed E-state index contributed by atoms with van der Waals surface area (Å²) in [4.78, 5) is 12.9. The molecule has 5 nitrogen and oxygen atoms in total. The Bertz CT molecular complexity index is 927. The zero-order valence-electron chi connectivity index (χ0n) is 16.4. The molecule has 2 aromatic rings. The Kier molecular flexibility index (Phi) is 6.16. The number of phenols is 1. The van der Waals surface area contributed by atoms with Gasteiger partial charge in [-0.3, -0.25) is 4.79 Å². The maximum atomic E-state index is 12.9. The largest absolute Gasteiger partial charge is 0.506 e. The number of benzene rings is 2. The first-order valence-electron chi connectivity index (χ1n) is 9.22. The molecule has 2 aromatic carbocycles. The normalized spacial score (nSPS) is 14.0. The maximum absolute atomic E-state index is 12.9. The van der Waals surface area contributed by atoms with Gasteiger partial charge in [0, 0.05) is 12.6 Å². The van der Waals surface area contributed by atoms with Gasteiger partial charge in [0.05, 0.1) is 19.8 Å². The van der Waals surface area contributed by atoms with Crippen molar-refractivity contribution in [3.05, 3.63) is 64.7 Å². The summed E-state index contributed by atoms with van der Waals surface area (Å²) in [6, 6.07) is 9.50. The number of carbonyl (C=O) groups excluding carboxylic acids is 1. The molecule has 0 unspecified atom stereocenters. The third-order valence-electron chi connectivity index (χ3n) is 4.80. The first-order valence-corrected chi connectivity index (χ1v) is 9.22. The highest BCUT2D eigenvalue weighted by atomic mass is 16.5. The Morgan fingerprint density at radius 2 is 1.86 bits per heavy atom. The maximum Gasteiger partial charge on any atom is 0.193 e. The van der Waals surface area contributed by atoms with Crippen molar-refractivity contribution in [1.82, 2.24) is 5.32 Å². The highest BCUT2D eigenvalue weighted by molar-refractivity contribution is 6.11. The smallest absolute Gasteiger partial charge is 0.193 e. The SMILES string of the molecule is COc1cc(OC)c(C2=CCNCC2)c(O)c1C(=O)/C=C/c1ccc(C)cc1. The average molecular weight is 379 g/mol. The second-order valence-corrected chi connectivity index (χ2v) is 6.67. The lowest BCUT2D eigenvalue weighted by molar-refractivity contribution is 0.104. The summed E-state index contributed by atoms with van der Waals surface area (Å²) < 4.78 is 10.8. The lowest BCUT2D eigenvalue weighted by Gasteiger charge is -2.20. The molecule has 0 fully saturated rings. The molecule has 0 saturated carbocycles. The standard InChI is InChI=1S/C23H25NO4/c1-15-4-6-16(7-5-15)8-9-18(25)22-20(28-3)14-19(27-2)21(23(22)26)17-10-12-24-13-11-17/h4-10,14,24,26H,11-13H2,1-3H3/b9-8+.